The van der Waals surface area contributed by atoms with Crippen molar-refractivity contribution in [3.05, 3.63) is 82.2 Å². The number of nitrogens with zero attached hydrogens (tertiary/aromatic N) is 4. The van der Waals surface area contributed by atoms with Crippen molar-refractivity contribution in [3.8, 4) is 0 Å². The van der Waals surface area contributed by atoms with E-state index in [1.807, 2.05) is 0 Å². The lowest BCUT2D eigenvalue weighted by Crippen LogP contribution is -2.48. The van der Waals surface area contributed by atoms with E-state index in [-0.39, 0.29) is 36.8 Å². The summed E-state index contributed by atoms with van der Waals surface area (Å²) in [6.07, 6.45) is -14.4. The summed E-state index contributed by atoms with van der Waals surface area (Å²) in [4.78, 5) is 34.5. The Hall–Kier alpha value is -4.57. The predicted molar refractivity (Wildman–Crippen MR) is 144 cm³/mol. The lowest BCUT2D eigenvalue weighted by Gasteiger charge is -2.44. The van der Waals surface area contributed by atoms with Crippen LogP contribution in [0.15, 0.2) is 48.8 Å². The van der Waals surface area contributed by atoms with E-state index in [4.69, 9.17) is 4.74 Å². The molecule has 1 amide bonds. The lowest BCUT2D eigenvalue weighted by molar-refractivity contribution is -0.143. The number of aromatic carboxylic acids is 1. The molecule has 248 valence electrons. The molecule has 0 saturated carbocycles. The van der Waals surface area contributed by atoms with E-state index in [1.165, 1.54) is 6.92 Å². The van der Waals surface area contributed by atoms with Gasteiger partial charge in [0, 0.05) is 25.0 Å². The van der Waals surface area contributed by atoms with Crippen LogP contribution in [0.4, 0.5) is 55.9 Å². The maximum absolute atomic E-state index is 13.9. The molecule has 2 heterocycles. The van der Waals surface area contributed by atoms with Gasteiger partial charge in [0.15, 0.2) is 0 Å². The van der Waals surface area contributed by atoms with Gasteiger partial charge in [0.1, 0.15) is 0 Å². The summed E-state index contributed by atoms with van der Waals surface area (Å²) in [6, 6.07) is 1.32. The molecule has 46 heavy (non-hydrogen) atoms. The Balaban J connectivity index is 1.97. The largest absolute Gasteiger partial charge is 0.478 e. The Morgan fingerprint density at radius 3 is 1.93 bits per heavy atom. The number of alkyl halides is 9. The molecular formula is C29H25F9N4O4. The monoisotopic (exact) mass is 664 g/mol. The average molecular weight is 665 g/mol. The van der Waals surface area contributed by atoms with Gasteiger partial charge in [0.2, 0.25) is 5.95 Å². The van der Waals surface area contributed by atoms with Gasteiger partial charge >= 0.3 is 30.6 Å². The summed E-state index contributed by atoms with van der Waals surface area (Å²) in [5.74, 6) is -1.84. The van der Waals surface area contributed by atoms with Crippen LogP contribution in [-0.4, -0.2) is 39.8 Å². The molecule has 1 aromatic heterocycles. The van der Waals surface area contributed by atoms with E-state index in [1.54, 1.807) is 6.92 Å². The quantitative estimate of drug-likeness (QED) is 0.255. The number of rotatable bonds is 7. The number of ether oxygens (including phenoxy) is 1. The van der Waals surface area contributed by atoms with E-state index in [0.717, 1.165) is 40.4 Å². The minimum Gasteiger partial charge on any atom is -0.478 e. The molecule has 17 heteroatoms. The first-order valence-electron chi connectivity index (χ1n) is 13.6. The van der Waals surface area contributed by atoms with Gasteiger partial charge in [-0.05, 0) is 67.3 Å². The zero-order valence-electron chi connectivity index (χ0n) is 24.0. The van der Waals surface area contributed by atoms with Gasteiger partial charge in [0.25, 0.3) is 0 Å². The van der Waals surface area contributed by atoms with Crippen molar-refractivity contribution in [2.45, 2.75) is 63.8 Å². The second kappa shape index (κ2) is 12.7. The van der Waals surface area contributed by atoms with E-state index >= 15 is 0 Å². The number of aromatic nitrogens is 2. The summed E-state index contributed by atoms with van der Waals surface area (Å²) in [7, 11) is 0. The Morgan fingerprint density at radius 1 is 0.891 bits per heavy atom. The fourth-order valence-electron chi connectivity index (χ4n) is 5.20. The normalized spacial score (nSPS) is 17.0. The zero-order valence-corrected chi connectivity index (χ0v) is 24.0. The standard InChI is InChI=1S/C29H25F9N4O4/c1-3-20-11-23(21-10-17(27(30,31)32)5-6-22(21)42(20)26(45)46-4-2)41(25-39-12-16(13-40-25)24(43)44)14-15-7-18(28(33,34)35)9-19(8-15)29(36,37)38/h5-10,12-13,20,23H,3-4,11,14H2,1-2H3,(H,43,44)/t20-,23+/m1/s1. The maximum Gasteiger partial charge on any atom is 0.416 e. The van der Waals surface area contributed by atoms with Crippen LogP contribution in [-0.2, 0) is 29.8 Å². The minimum absolute atomic E-state index is 0.0401. The second-order valence-corrected chi connectivity index (χ2v) is 10.3. The molecule has 3 aromatic rings. The third kappa shape index (κ3) is 7.28. The van der Waals surface area contributed by atoms with Crippen LogP contribution in [0, 0.1) is 0 Å². The highest BCUT2D eigenvalue weighted by atomic mass is 19.4. The van der Waals surface area contributed by atoms with Crippen molar-refractivity contribution in [3.63, 3.8) is 0 Å². The smallest absolute Gasteiger partial charge is 0.416 e. The van der Waals surface area contributed by atoms with Crippen LogP contribution in [0.25, 0.3) is 0 Å². The van der Waals surface area contributed by atoms with Gasteiger partial charge in [0.05, 0.1) is 40.6 Å². The Kier molecular flexibility index (Phi) is 9.45. The van der Waals surface area contributed by atoms with Crippen molar-refractivity contribution in [2.24, 2.45) is 0 Å². The number of hydrogen-bond acceptors (Lipinski definition) is 6. The number of carbonyl (C=O) groups excluding carboxylic acids is 1. The number of carboxylic acid groups (broad SMARTS) is 1. The zero-order chi connectivity index (χ0) is 34.2. The SMILES string of the molecule is CCOC(=O)N1c2ccc(C(F)(F)F)cc2[C@@H](N(Cc2cc(C(F)(F)F)cc(C(F)(F)F)c2)c2ncc(C(=O)O)cn2)C[C@H]1CC. The summed E-state index contributed by atoms with van der Waals surface area (Å²) < 4.78 is 129. The number of carbonyl (C=O) groups is 2. The Labute approximate surface area is 255 Å². The highest BCUT2D eigenvalue weighted by molar-refractivity contribution is 5.90. The van der Waals surface area contributed by atoms with Crippen LogP contribution < -0.4 is 9.80 Å². The molecule has 1 N–H and O–H groups in total. The number of benzene rings is 2. The molecule has 0 aliphatic carbocycles. The van der Waals surface area contributed by atoms with Crippen LogP contribution in [0.1, 0.15) is 70.9 Å². The summed E-state index contributed by atoms with van der Waals surface area (Å²) in [5, 5.41) is 9.28. The second-order valence-electron chi connectivity index (χ2n) is 10.3. The molecule has 2 atom stereocenters. The van der Waals surface area contributed by atoms with Gasteiger partial charge in [-0.3, -0.25) is 4.90 Å². The number of amides is 1. The summed E-state index contributed by atoms with van der Waals surface area (Å²) >= 11 is 0. The van der Waals surface area contributed by atoms with Crippen LogP contribution in [0.5, 0.6) is 0 Å². The summed E-state index contributed by atoms with van der Waals surface area (Å²) in [6.45, 7) is 2.32. The first-order valence-corrected chi connectivity index (χ1v) is 13.6. The molecule has 2 aromatic carbocycles. The highest BCUT2D eigenvalue weighted by Crippen LogP contribution is 2.46. The molecule has 0 bridgehead atoms. The van der Waals surface area contributed by atoms with Crippen molar-refractivity contribution in [2.75, 3.05) is 16.4 Å². The molecule has 8 nitrogen and oxygen atoms in total. The van der Waals surface area contributed by atoms with Gasteiger partial charge in [-0.15, -0.1) is 0 Å². The molecule has 1 aliphatic rings. The van der Waals surface area contributed by atoms with Gasteiger partial charge < -0.3 is 14.7 Å². The fraction of sp³-hybridized carbons (Fsp3) is 0.379. The van der Waals surface area contributed by atoms with Gasteiger partial charge in [-0.2, -0.15) is 39.5 Å². The van der Waals surface area contributed by atoms with Crippen LogP contribution >= 0.6 is 0 Å². The molecule has 0 radical (unpaired) electrons. The van der Waals surface area contributed by atoms with E-state index in [9.17, 15) is 54.2 Å². The topological polar surface area (TPSA) is 95.9 Å². The molecule has 1 aliphatic heterocycles. The fourth-order valence-corrected chi connectivity index (χ4v) is 5.20. The minimum atomic E-state index is -5.19. The number of hydrogen-bond donors (Lipinski definition) is 1. The number of anilines is 2. The van der Waals surface area contributed by atoms with E-state index < -0.39 is 83.0 Å². The Morgan fingerprint density at radius 2 is 1.46 bits per heavy atom. The lowest BCUT2D eigenvalue weighted by atomic mass is 9.87. The predicted octanol–water partition coefficient (Wildman–Crippen LogP) is 8.12. The Bertz CT molecular complexity index is 1560. The average Bonchev–Trinajstić information content (AvgIpc) is 2.97. The van der Waals surface area contributed by atoms with Gasteiger partial charge in [-0.1, -0.05) is 6.92 Å². The van der Waals surface area contributed by atoms with E-state index in [2.05, 4.69) is 9.97 Å². The molecule has 0 unspecified atom stereocenters. The van der Waals surface area contributed by atoms with Crippen LogP contribution in [0.3, 0.4) is 0 Å². The third-order valence-electron chi connectivity index (χ3n) is 7.29. The summed E-state index contributed by atoms with van der Waals surface area (Å²) in [5.41, 5.74) is -5.54. The molecule has 4 rings (SSSR count). The third-order valence-corrected chi connectivity index (χ3v) is 7.29. The first-order chi connectivity index (χ1) is 21.3. The molecule has 0 spiro atoms. The molecule has 0 saturated heterocycles. The van der Waals surface area contributed by atoms with Gasteiger partial charge in [-0.25, -0.2) is 19.6 Å². The first kappa shape index (κ1) is 34.3. The molecule has 0 fully saturated rings. The van der Waals surface area contributed by atoms with Crippen molar-refractivity contribution in [1.29, 1.82) is 0 Å². The van der Waals surface area contributed by atoms with Crippen molar-refractivity contribution in [1.82, 2.24) is 9.97 Å². The van der Waals surface area contributed by atoms with E-state index in [0.29, 0.717) is 12.1 Å². The highest BCUT2D eigenvalue weighted by Gasteiger charge is 2.42. The maximum atomic E-state index is 13.9. The van der Waals surface area contributed by atoms with Crippen LogP contribution in [0.2, 0.25) is 0 Å². The number of carboxylic acids is 1. The molecular weight excluding hydrogens is 639 g/mol. The number of halogens is 9. The van der Waals surface area contributed by atoms with Crippen molar-refractivity contribution >= 4 is 23.7 Å². The number of fused-ring (bicyclic) bond motifs is 1. The van der Waals surface area contributed by atoms with Crippen molar-refractivity contribution < 1.29 is 58.9 Å².